The molecule has 2 aromatic rings. The van der Waals surface area contributed by atoms with Crippen LogP contribution in [0.5, 0.6) is 0 Å². The molecule has 0 bridgehead atoms. The number of carbonyl (C=O) groups is 1. The highest BCUT2D eigenvalue weighted by Gasteiger charge is 2.19. The maximum absolute atomic E-state index is 13.7. The Kier molecular flexibility index (Phi) is 4.66. The van der Waals surface area contributed by atoms with Gasteiger partial charge >= 0.3 is 5.97 Å². The second-order valence-electron chi connectivity index (χ2n) is 4.53. The maximum Gasteiger partial charge on any atom is 0.311 e. The zero-order chi connectivity index (χ0) is 15.2. The molecule has 0 spiro atoms. The van der Waals surface area contributed by atoms with E-state index in [0.29, 0.717) is 16.7 Å². The number of halogens is 1. The monoisotopic (exact) mass is 287 g/mol. The Morgan fingerprint density at radius 3 is 2.43 bits per heavy atom. The quantitative estimate of drug-likeness (QED) is 0.502. The molecule has 2 aromatic carbocycles. The number of oxime groups is 1. The van der Waals surface area contributed by atoms with Gasteiger partial charge in [0, 0.05) is 18.2 Å². The van der Waals surface area contributed by atoms with Crippen LogP contribution in [-0.4, -0.2) is 22.5 Å². The molecule has 2 rings (SSSR count). The van der Waals surface area contributed by atoms with Gasteiger partial charge in [-0.2, -0.15) is 0 Å². The highest BCUT2D eigenvalue weighted by Crippen LogP contribution is 2.26. The Hall–Kier alpha value is -2.69. The van der Waals surface area contributed by atoms with E-state index in [4.69, 9.17) is 5.21 Å². The predicted octanol–water partition coefficient (Wildman–Crippen LogP) is 3.51. The number of carboxylic acid groups (broad SMARTS) is 1. The zero-order valence-electron chi connectivity index (χ0n) is 11.1. The largest absolute Gasteiger partial charge is 0.481 e. The smallest absolute Gasteiger partial charge is 0.311 e. The summed E-state index contributed by atoms with van der Waals surface area (Å²) in [6, 6.07) is 13.0. The number of aliphatic carboxylic acids is 1. The Bertz CT molecular complexity index is 653. The molecular weight excluding hydrogens is 273 g/mol. The minimum absolute atomic E-state index is 0.0882. The van der Waals surface area contributed by atoms with E-state index in [2.05, 4.69) is 5.16 Å². The van der Waals surface area contributed by atoms with E-state index in [-0.39, 0.29) is 12.2 Å². The molecule has 4 nitrogen and oxygen atoms in total. The van der Waals surface area contributed by atoms with Crippen molar-refractivity contribution in [3.63, 3.8) is 0 Å². The van der Waals surface area contributed by atoms with Crippen LogP contribution in [0, 0.1) is 5.82 Å². The van der Waals surface area contributed by atoms with Crippen LogP contribution in [0.2, 0.25) is 0 Å². The van der Waals surface area contributed by atoms with Gasteiger partial charge in [0.2, 0.25) is 0 Å². The summed E-state index contributed by atoms with van der Waals surface area (Å²) in [5, 5.41) is 20.4. The standard InChI is InChI=1S/C16H14FNO3/c17-15-4-2-1-3-13(15)11-5-7-12(8-6-11)14(16(19)20)9-10-18-21/h1-8,10,14,21H,9H2,(H,19,20). The molecule has 0 amide bonds. The number of benzene rings is 2. The fraction of sp³-hybridized carbons (Fsp3) is 0.125. The lowest BCUT2D eigenvalue weighted by molar-refractivity contribution is -0.138. The van der Waals surface area contributed by atoms with Crippen molar-refractivity contribution in [2.75, 3.05) is 0 Å². The molecule has 0 radical (unpaired) electrons. The Labute approximate surface area is 121 Å². The third-order valence-electron chi connectivity index (χ3n) is 3.22. The second-order valence-corrected chi connectivity index (χ2v) is 4.53. The normalized spacial score (nSPS) is 12.4. The molecule has 2 N–H and O–H groups in total. The van der Waals surface area contributed by atoms with Crippen molar-refractivity contribution in [3.8, 4) is 11.1 Å². The molecule has 1 atom stereocenters. The number of rotatable bonds is 5. The first kappa shape index (κ1) is 14.7. The molecule has 0 aromatic heterocycles. The second kappa shape index (κ2) is 6.65. The molecule has 0 saturated heterocycles. The van der Waals surface area contributed by atoms with Gasteiger partial charge in [-0.1, -0.05) is 42.5 Å². The van der Waals surface area contributed by atoms with E-state index in [1.807, 2.05) is 0 Å². The highest BCUT2D eigenvalue weighted by molar-refractivity contribution is 5.80. The number of hydrogen-bond donors (Lipinski definition) is 2. The fourth-order valence-electron chi connectivity index (χ4n) is 2.12. The minimum Gasteiger partial charge on any atom is -0.481 e. The van der Waals surface area contributed by atoms with Gasteiger partial charge in [0.1, 0.15) is 5.82 Å². The van der Waals surface area contributed by atoms with E-state index in [1.54, 1.807) is 42.5 Å². The van der Waals surface area contributed by atoms with Gasteiger partial charge < -0.3 is 10.3 Å². The van der Waals surface area contributed by atoms with Gasteiger partial charge in [0.15, 0.2) is 0 Å². The van der Waals surface area contributed by atoms with Gasteiger partial charge in [-0.3, -0.25) is 4.79 Å². The van der Waals surface area contributed by atoms with Crippen LogP contribution in [0.15, 0.2) is 53.7 Å². The number of hydrogen-bond acceptors (Lipinski definition) is 3. The van der Waals surface area contributed by atoms with Crippen molar-refractivity contribution in [2.24, 2.45) is 5.16 Å². The van der Waals surface area contributed by atoms with Crippen molar-refractivity contribution in [3.05, 3.63) is 59.9 Å². The van der Waals surface area contributed by atoms with Crippen molar-refractivity contribution in [1.82, 2.24) is 0 Å². The molecule has 0 aliphatic heterocycles. The summed E-state index contributed by atoms with van der Waals surface area (Å²) in [6.07, 6.45) is 1.23. The van der Waals surface area contributed by atoms with Crippen molar-refractivity contribution >= 4 is 12.2 Å². The van der Waals surface area contributed by atoms with Crippen molar-refractivity contribution in [2.45, 2.75) is 12.3 Å². The first-order valence-corrected chi connectivity index (χ1v) is 6.37. The molecule has 0 aliphatic rings. The van der Waals surface area contributed by atoms with Crippen molar-refractivity contribution in [1.29, 1.82) is 0 Å². The lowest BCUT2D eigenvalue weighted by Gasteiger charge is -2.11. The van der Waals surface area contributed by atoms with E-state index in [0.717, 1.165) is 6.21 Å². The number of carboxylic acids is 1. The Morgan fingerprint density at radius 1 is 1.19 bits per heavy atom. The summed E-state index contributed by atoms with van der Waals surface area (Å²) in [5.41, 5.74) is 1.71. The number of nitrogens with zero attached hydrogens (tertiary/aromatic N) is 1. The summed E-state index contributed by atoms with van der Waals surface area (Å²) in [7, 11) is 0. The SMILES string of the molecule is O=C(O)C(CC=NO)c1ccc(-c2ccccc2F)cc1. The average molecular weight is 287 g/mol. The first-order chi connectivity index (χ1) is 10.1. The molecule has 0 fully saturated rings. The van der Waals surface area contributed by atoms with Crippen LogP contribution < -0.4 is 0 Å². The van der Waals surface area contributed by atoms with Crippen LogP contribution in [0.4, 0.5) is 4.39 Å². The molecular formula is C16H14FNO3. The van der Waals surface area contributed by atoms with Crippen LogP contribution in [-0.2, 0) is 4.79 Å². The van der Waals surface area contributed by atoms with Crippen LogP contribution in [0.3, 0.4) is 0 Å². The van der Waals surface area contributed by atoms with Gasteiger partial charge in [-0.15, -0.1) is 5.16 Å². The Morgan fingerprint density at radius 2 is 1.86 bits per heavy atom. The van der Waals surface area contributed by atoms with Crippen molar-refractivity contribution < 1.29 is 19.5 Å². The molecule has 0 heterocycles. The van der Waals surface area contributed by atoms with E-state index in [1.165, 1.54) is 6.07 Å². The first-order valence-electron chi connectivity index (χ1n) is 6.37. The fourth-order valence-corrected chi connectivity index (χ4v) is 2.12. The third kappa shape index (κ3) is 3.45. The van der Waals surface area contributed by atoms with E-state index < -0.39 is 11.9 Å². The molecule has 5 heteroatoms. The summed E-state index contributed by atoms with van der Waals surface area (Å²) in [4.78, 5) is 11.2. The van der Waals surface area contributed by atoms with Crippen LogP contribution >= 0.6 is 0 Å². The predicted molar refractivity (Wildman–Crippen MR) is 77.1 cm³/mol. The summed E-state index contributed by atoms with van der Waals surface area (Å²) >= 11 is 0. The molecule has 0 aliphatic carbocycles. The summed E-state index contributed by atoms with van der Waals surface area (Å²) < 4.78 is 13.7. The van der Waals surface area contributed by atoms with Crippen LogP contribution in [0.1, 0.15) is 17.9 Å². The highest BCUT2D eigenvalue weighted by atomic mass is 19.1. The molecule has 108 valence electrons. The zero-order valence-corrected chi connectivity index (χ0v) is 11.1. The molecule has 0 saturated carbocycles. The topological polar surface area (TPSA) is 69.9 Å². The third-order valence-corrected chi connectivity index (χ3v) is 3.22. The van der Waals surface area contributed by atoms with Gasteiger partial charge in [0.25, 0.3) is 0 Å². The Balaban J connectivity index is 2.29. The van der Waals surface area contributed by atoms with Gasteiger partial charge in [-0.05, 0) is 17.2 Å². The van der Waals surface area contributed by atoms with E-state index in [9.17, 15) is 14.3 Å². The molecule has 21 heavy (non-hydrogen) atoms. The minimum atomic E-state index is -1.01. The average Bonchev–Trinajstić information content (AvgIpc) is 2.49. The van der Waals surface area contributed by atoms with Crippen LogP contribution in [0.25, 0.3) is 11.1 Å². The lowest BCUT2D eigenvalue weighted by atomic mass is 9.94. The van der Waals surface area contributed by atoms with Gasteiger partial charge in [-0.25, -0.2) is 4.39 Å². The lowest BCUT2D eigenvalue weighted by Crippen LogP contribution is -2.12. The maximum atomic E-state index is 13.7. The summed E-state index contributed by atoms with van der Waals surface area (Å²) in [5.74, 6) is -2.13. The summed E-state index contributed by atoms with van der Waals surface area (Å²) in [6.45, 7) is 0. The molecule has 1 unspecified atom stereocenters. The van der Waals surface area contributed by atoms with Gasteiger partial charge in [0.05, 0.1) is 5.92 Å². The van der Waals surface area contributed by atoms with E-state index >= 15 is 0 Å².